The fraction of sp³-hybridized carbons (Fsp3) is 0.105. The van der Waals surface area contributed by atoms with Gasteiger partial charge >= 0.3 is 0 Å². The van der Waals surface area contributed by atoms with E-state index in [0.29, 0.717) is 32.4 Å². The standard InChI is InChI=1S/C17H12Cl2N2O3.C2H4/c18-11-5-6-12(19)15-14(11)10(17(24)21-15)7-13(22)8-1-3-9(4-2-8)16(20)23;1-2/h1-6,10H,7H2,(H2,20,23)(H,21,24);1-2H2. The number of rotatable bonds is 4. The Morgan fingerprint density at radius 1 is 1.00 bits per heavy atom. The van der Waals surface area contributed by atoms with E-state index in [9.17, 15) is 14.4 Å². The molecule has 2 aromatic carbocycles. The van der Waals surface area contributed by atoms with E-state index in [-0.39, 0.29) is 18.1 Å². The van der Waals surface area contributed by atoms with Crippen LogP contribution in [0.2, 0.25) is 10.0 Å². The first-order valence-corrected chi connectivity index (χ1v) is 8.36. The third-order valence-electron chi connectivity index (χ3n) is 3.94. The topological polar surface area (TPSA) is 89.3 Å². The number of primary amides is 1. The fourth-order valence-corrected chi connectivity index (χ4v) is 3.20. The molecule has 1 aliphatic rings. The fourth-order valence-electron chi connectivity index (χ4n) is 2.70. The number of anilines is 1. The first kappa shape index (κ1) is 19.7. The van der Waals surface area contributed by atoms with Gasteiger partial charge in [0, 0.05) is 28.1 Å². The van der Waals surface area contributed by atoms with Gasteiger partial charge in [0.05, 0.1) is 16.6 Å². The largest absolute Gasteiger partial charge is 0.366 e. The maximum absolute atomic E-state index is 12.5. The average Bonchev–Trinajstić information content (AvgIpc) is 2.97. The summed E-state index contributed by atoms with van der Waals surface area (Å²) < 4.78 is 0. The molecule has 1 heterocycles. The first-order chi connectivity index (χ1) is 12.4. The van der Waals surface area contributed by atoms with E-state index in [0.717, 1.165) is 0 Å². The Morgan fingerprint density at radius 3 is 2.12 bits per heavy atom. The van der Waals surface area contributed by atoms with Crippen LogP contribution in [0.15, 0.2) is 49.6 Å². The van der Waals surface area contributed by atoms with Gasteiger partial charge in [-0.15, -0.1) is 13.2 Å². The summed E-state index contributed by atoms with van der Waals surface area (Å²) >= 11 is 12.2. The van der Waals surface area contributed by atoms with Gasteiger partial charge in [-0.2, -0.15) is 0 Å². The number of carbonyl (C=O) groups excluding carboxylic acids is 3. The lowest BCUT2D eigenvalue weighted by Gasteiger charge is -2.10. The van der Waals surface area contributed by atoms with Gasteiger partial charge in [0.2, 0.25) is 11.8 Å². The van der Waals surface area contributed by atoms with E-state index < -0.39 is 11.8 Å². The van der Waals surface area contributed by atoms with E-state index in [1.807, 2.05) is 0 Å². The summed E-state index contributed by atoms with van der Waals surface area (Å²) in [6, 6.07) is 9.16. The first-order valence-electron chi connectivity index (χ1n) is 7.60. The Balaban J connectivity index is 0.00000117. The molecular formula is C19H16Cl2N2O3. The van der Waals surface area contributed by atoms with Crippen LogP contribution in [-0.2, 0) is 4.79 Å². The highest BCUT2D eigenvalue weighted by molar-refractivity contribution is 6.38. The molecule has 0 radical (unpaired) electrons. The molecule has 0 saturated carbocycles. The zero-order valence-corrected chi connectivity index (χ0v) is 15.2. The van der Waals surface area contributed by atoms with Gasteiger partial charge in [0.1, 0.15) is 0 Å². The van der Waals surface area contributed by atoms with E-state index in [1.165, 1.54) is 24.3 Å². The highest BCUT2D eigenvalue weighted by atomic mass is 35.5. The summed E-state index contributed by atoms with van der Waals surface area (Å²) in [6.45, 7) is 6.00. The molecule has 2 aromatic rings. The second kappa shape index (κ2) is 8.17. The Hall–Kier alpha value is -2.63. The molecule has 26 heavy (non-hydrogen) atoms. The third-order valence-corrected chi connectivity index (χ3v) is 4.58. The average molecular weight is 391 g/mol. The maximum atomic E-state index is 12.5. The van der Waals surface area contributed by atoms with Crippen LogP contribution in [0.5, 0.6) is 0 Å². The van der Waals surface area contributed by atoms with Gasteiger partial charge in [-0.3, -0.25) is 14.4 Å². The Bertz CT molecular complexity index is 879. The molecule has 0 bridgehead atoms. The van der Waals surface area contributed by atoms with Gasteiger partial charge in [0.15, 0.2) is 5.78 Å². The van der Waals surface area contributed by atoms with Gasteiger partial charge in [-0.1, -0.05) is 35.3 Å². The lowest BCUT2D eigenvalue weighted by Crippen LogP contribution is -2.16. The van der Waals surface area contributed by atoms with Crippen LogP contribution in [0.25, 0.3) is 0 Å². The van der Waals surface area contributed by atoms with Crippen LogP contribution < -0.4 is 11.1 Å². The minimum Gasteiger partial charge on any atom is -0.366 e. The molecule has 1 unspecified atom stereocenters. The SMILES string of the molecule is C=C.NC(=O)c1ccc(C(=O)CC2C(=O)Nc3c(Cl)ccc(Cl)c32)cc1. The van der Waals surface area contributed by atoms with Crippen molar-refractivity contribution >= 4 is 46.5 Å². The normalized spacial score (nSPS) is 14.7. The highest BCUT2D eigenvalue weighted by Gasteiger charge is 2.35. The van der Waals surface area contributed by atoms with Crippen LogP contribution in [0.3, 0.4) is 0 Å². The second-order valence-electron chi connectivity index (χ2n) is 5.43. The number of hydrogen-bond donors (Lipinski definition) is 2. The lowest BCUT2D eigenvalue weighted by molar-refractivity contribution is -0.117. The van der Waals surface area contributed by atoms with Crippen molar-refractivity contribution in [2.75, 3.05) is 5.32 Å². The zero-order chi connectivity index (χ0) is 19.4. The van der Waals surface area contributed by atoms with Gasteiger partial charge in [-0.25, -0.2) is 0 Å². The van der Waals surface area contributed by atoms with Gasteiger partial charge < -0.3 is 11.1 Å². The summed E-state index contributed by atoms with van der Waals surface area (Å²) in [5, 5.41) is 3.43. The molecule has 5 nitrogen and oxygen atoms in total. The van der Waals surface area contributed by atoms with Crippen LogP contribution in [0, 0.1) is 0 Å². The summed E-state index contributed by atoms with van der Waals surface area (Å²) in [4.78, 5) is 35.7. The van der Waals surface area contributed by atoms with E-state index >= 15 is 0 Å². The van der Waals surface area contributed by atoms with Crippen molar-refractivity contribution in [3.05, 3.63) is 76.3 Å². The molecule has 1 atom stereocenters. The number of carbonyl (C=O) groups is 3. The van der Waals surface area contributed by atoms with E-state index in [1.54, 1.807) is 12.1 Å². The minimum absolute atomic E-state index is 0.0468. The Kier molecular flexibility index (Phi) is 6.18. The van der Waals surface area contributed by atoms with Crippen LogP contribution >= 0.6 is 23.2 Å². The Morgan fingerprint density at radius 2 is 1.54 bits per heavy atom. The predicted molar refractivity (Wildman–Crippen MR) is 103 cm³/mol. The molecule has 0 aliphatic carbocycles. The minimum atomic E-state index is -0.700. The number of nitrogens with one attached hydrogen (secondary N) is 1. The number of hydrogen-bond acceptors (Lipinski definition) is 3. The van der Waals surface area contributed by atoms with Crippen molar-refractivity contribution in [1.29, 1.82) is 0 Å². The lowest BCUT2D eigenvalue weighted by atomic mass is 9.92. The number of benzene rings is 2. The molecule has 3 N–H and O–H groups in total. The van der Waals surface area contributed by atoms with Crippen molar-refractivity contribution in [3.8, 4) is 0 Å². The number of fused-ring (bicyclic) bond motifs is 1. The van der Waals surface area contributed by atoms with Gasteiger partial charge in [-0.05, 0) is 24.3 Å². The smallest absolute Gasteiger partial charge is 0.248 e. The van der Waals surface area contributed by atoms with Crippen LogP contribution in [0.1, 0.15) is 38.6 Å². The van der Waals surface area contributed by atoms with E-state index in [2.05, 4.69) is 18.5 Å². The number of nitrogens with two attached hydrogens (primary N) is 1. The van der Waals surface area contributed by atoms with Crippen LogP contribution in [0.4, 0.5) is 5.69 Å². The monoisotopic (exact) mass is 390 g/mol. The molecule has 0 fully saturated rings. The number of ketones is 1. The third kappa shape index (κ3) is 3.79. The summed E-state index contributed by atoms with van der Waals surface area (Å²) in [7, 11) is 0. The molecule has 1 aliphatic heterocycles. The van der Waals surface area contributed by atoms with Crippen molar-refractivity contribution in [2.45, 2.75) is 12.3 Å². The predicted octanol–water partition coefficient (Wildman–Crippen LogP) is 4.20. The highest BCUT2D eigenvalue weighted by Crippen LogP contribution is 2.43. The molecule has 0 spiro atoms. The van der Waals surface area contributed by atoms with E-state index in [4.69, 9.17) is 28.9 Å². The van der Waals surface area contributed by atoms with Gasteiger partial charge in [0.25, 0.3) is 0 Å². The summed E-state index contributed by atoms with van der Waals surface area (Å²) in [5.74, 6) is -1.83. The van der Waals surface area contributed by atoms with Crippen LogP contribution in [-0.4, -0.2) is 17.6 Å². The Labute approximate surface area is 160 Å². The maximum Gasteiger partial charge on any atom is 0.248 e. The van der Waals surface area contributed by atoms with Crippen molar-refractivity contribution in [3.63, 3.8) is 0 Å². The molecule has 0 aromatic heterocycles. The van der Waals surface area contributed by atoms with Crippen molar-refractivity contribution in [2.24, 2.45) is 5.73 Å². The molecular weight excluding hydrogens is 375 g/mol. The summed E-state index contributed by atoms with van der Waals surface area (Å²) in [6.07, 6.45) is -0.0468. The molecule has 7 heteroatoms. The van der Waals surface area contributed by atoms with Crippen molar-refractivity contribution in [1.82, 2.24) is 0 Å². The second-order valence-corrected chi connectivity index (χ2v) is 6.24. The number of Topliss-reactive ketones (excluding diaryl/α,β-unsaturated/α-hetero) is 1. The zero-order valence-electron chi connectivity index (χ0n) is 13.7. The molecule has 134 valence electrons. The molecule has 3 rings (SSSR count). The number of amides is 2. The number of halogens is 2. The molecule has 2 amide bonds. The quantitative estimate of drug-likeness (QED) is 0.605. The molecule has 0 saturated heterocycles. The van der Waals surface area contributed by atoms with Crippen molar-refractivity contribution < 1.29 is 14.4 Å². The summed E-state index contributed by atoms with van der Waals surface area (Å²) in [5.41, 5.74) is 6.86.